The van der Waals surface area contributed by atoms with Gasteiger partial charge in [-0.2, -0.15) is 4.98 Å². The van der Waals surface area contributed by atoms with E-state index in [1.165, 1.54) is 22.4 Å². The third-order valence-electron chi connectivity index (χ3n) is 3.74. The molecule has 8 heteroatoms. The molecule has 0 atom stereocenters. The number of hydrogen-bond acceptors (Lipinski definition) is 6. The second-order valence-corrected chi connectivity index (χ2v) is 6.68. The summed E-state index contributed by atoms with van der Waals surface area (Å²) in [4.78, 5) is 25.8. The molecule has 0 unspecified atom stereocenters. The number of anilines is 2. The van der Waals surface area contributed by atoms with Crippen LogP contribution in [0.25, 0.3) is 0 Å². The third kappa shape index (κ3) is 2.98. The van der Waals surface area contributed by atoms with E-state index in [2.05, 4.69) is 15.3 Å². The maximum Gasteiger partial charge on any atom is 0.261 e. The SMILES string of the molecule is CNC(=O)c1cc2c(s1)CCN(c1ncc(F)c(N(C)C)n1)C2. The lowest BCUT2D eigenvalue weighted by molar-refractivity contribution is 0.0967. The zero-order chi connectivity index (χ0) is 16.6. The summed E-state index contributed by atoms with van der Waals surface area (Å²) in [7, 11) is 5.12. The Hall–Kier alpha value is -2.22. The fraction of sp³-hybridized carbons (Fsp3) is 0.400. The molecule has 2 aromatic heterocycles. The summed E-state index contributed by atoms with van der Waals surface area (Å²) in [5, 5.41) is 2.65. The van der Waals surface area contributed by atoms with Crippen molar-refractivity contribution in [3.8, 4) is 0 Å². The first-order chi connectivity index (χ1) is 11.0. The fourth-order valence-electron chi connectivity index (χ4n) is 2.55. The minimum Gasteiger partial charge on any atom is -0.360 e. The van der Waals surface area contributed by atoms with Crippen LogP contribution in [0.2, 0.25) is 0 Å². The number of halogens is 1. The standard InChI is InChI=1S/C15H18FN5OS/c1-17-14(22)12-6-9-8-21(5-4-11(9)23-12)15-18-7-10(16)13(19-15)20(2)3/h6-7H,4-5,8H2,1-3H3,(H,17,22). The number of rotatable bonds is 3. The summed E-state index contributed by atoms with van der Waals surface area (Å²) >= 11 is 1.53. The van der Waals surface area contributed by atoms with E-state index in [1.807, 2.05) is 11.0 Å². The summed E-state index contributed by atoms with van der Waals surface area (Å²) in [6, 6.07) is 1.92. The number of hydrogen-bond donors (Lipinski definition) is 1. The van der Waals surface area contributed by atoms with Gasteiger partial charge in [-0.3, -0.25) is 4.79 Å². The minimum absolute atomic E-state index is 0.0659. The van der Waals surface area contributed by atoms with Gasteiger partial charge >= 0.3 is 0 Å². The lowest BCUT2D eigenvalue weighted by Gasteiger charge is -2.27. The lowest BCUT2D eigenvalue weighted by Crippen LogP contribution is -2.31. The van der Waals surface area contributed by atoms with Gasteiger partial charge in [0, 0.05) is 39.1 Å². The van der Waals surface area contributed by atoms with Crippen LogP contribution in [-0.2, 0) is 13.0 Å². The maximum absolute atomic E-state index is 13.7. The Labute approximate surface area is 138 Å². The summed E-state index contributed by atoms with van der Waals surface area (Å²) < 4.78 is 13.7. The largest absolute Gasteiger partial charge is 0.360 e. The van der Waals surface area contributed by atoms with Gasteiger partial charge in [0.1, 0.15) is 0 Å². The van der Waals surface area contributed by atoms with Crippen molar-refractivity contribution in [2.75, 3.05) is 37.5 Å². The van der Waals surface area contributed by atoms with Crippen LogP contribution >= 0.6 is 11.3 Å². The number of fused-ring (bicyclic) bond motifs is 1. The zero-order valence-electron chi connectivity index (χ0n) is 13.3. The van der Waals surface area contributed by atoms with E-state index < -0.39 is 5.82 Å². The monoisotopic (exact) mass is 335 g/mol. The number of nitrogens with zero attached hydrogens (tertiary/aromatic N) is 4. The minimum atomic E-state index is -0.436. The Kier molecular flexibility index (Phi) is 4.16. The molecule has 1 N–H and O–H groups in total. The molecule has 1 amide bonds. The molecule has 3 heterocycles. The van der Waals surface area contributed by atoms with Crippen molar-refractivity contribution < 1.29 is 9.18 Å². The van der Waals surface area contributed by atoms with E-state index in [4.69, 9.17) is 0 Å². The molecule has 1 aliphatic heterocycles. The molecule has 1 aliphatic rings. The molecule has 3 rings (SSSR count). The molecule has 0 bridgehead atoms. The number of nitrogens with one attached hydrogen (secondary N) is 1. The molecule has 122 valence electrons. The highest BCUT2D eigenvalue weighted by molar-refractivity contribution is 7.14. The van der Waals surface area contributed by atoms with Crippen molar-refractivity contribution in [3.05, 3.63) is 33.4 Å². The van der Waals surface area contributed by atoms with Crippen molar-refractivity contribution in [3.63, 3.8) is 0 Å². The Balaban J connectivity index is 1.86. The smallest absolute Gasteiger partial charge is 0.261 e. The van der Waals surface area contributed by atoms with Crippen LogP contribution in [0.1, 0.15) is 20.1 Å². The first-order valence-electron chi connectivity index (χ1n) is 7.28. The van der Waals surface area contributed by atoms with E-state index in [9.17, 15) is 9.18 Å². The Morgan fingerprint density at radius 3 is 2.96 bits per heavy atom. The molecule has 0 saturated carbocycles. The molecule has 2 aromatic rings. The van der Waals surface area contributed by atoms with Crippen LogP contribution in [0.4, 0.5) is 16.2 Å². The first-order valence-corrected chi connectivity index (χ1v) is 8.09. The van der Waals surface area contributed by atoms with Crippen molar-refractivity contribution in [1.29, 1.82) is 0 Å². The molecule has 0 aliphatic carbocycles. The molecule has 23 heavy (non-hydrogen) atoms. The first kappa shape index (κ1) is 15.7. The predicted octanol–water partition coefficient (Wildman–Crippen LogP) is 1.67. The van der Waals surface area contributed by atoms with E-state index in [1.54, 1.807) is 26.0 Å². The third-order valence-corrected chi connectivity index (χ3v) is 4.97. The van der Waals surface area contributed by atoms with Crippen LogP contribution in [0.5, 0.6) is 0 Å². The summed E-state index contributed by atoms with van der Waals surface area (Å²) in [6.45, 7) is 1.38. The van der Waals surface area contributed by atoms with Crippen LogP contribution in [0, 0.1) is 5.82 Å². The highest BCUT2D eigenvalue weighted by Gasteiger charge is 2.23. The van der Waals surface area contributed by atoms with Crippen molar-refractivity contribution in [2.24, 2.45) is 0 Å². The normalized spacial score (nSPS) is 13.7. The van der Waals surface area contributed by atoms with Gasteiger partial charge in [-0.05, 0) is 18.1 Å². The van der Waals surface area contributed by atoms with Gasteiger partial charge in [-0.1, -0.05) is 0 Å². The molecule has 0 fully saturated rings. The van der Waals surface area contributed by atoms with Crippen molar-refractivity contribution >= 4 is 29.0 Å². The van der Waals surface area contributed by atoms with Crippen molar-refractivity contribution in [1.82, 2.24) is 15.3 Å². The van der Waals surface area contributed by atoms with Gasteiger partial charge in [0.15, 0.2) is 11.6 Å². The highest BCUT2D eigenvalue weighted by Crippen LogP contribution is 2.30. The van der Waals surface area contributed by atoms with Gasteiger partial charge in [-0.15, -0.1) is 11.3 Å². The zero-order valence-corrected chi connectivity index (χ0v) is 14.1. The Morgan fingerprint density at radius 2 is 2.26 bits per heavy atom. The van der Waals surface area contributed by atoms with E-state index in [0.717, 1.165) is 18.5 Å². The van der Waals surface area contributed by atoms with Crippen LogP contribution in [-0.4, -0.2) is 43.6 Å². The summed E-state index contributed by atoms with van der Waals surface area (Å²) in [5.41, 5.74) is 1.11. The molecule has 0 spiro atoms. The van der Waals surface area contributed by atoms with E-state index >= 15 is 0 Å². The van der Waals surface area contributed by atoms with Crippen molar-refractivity contribution in [2.45, 2.75) is 13.0 Å². The molecule has 0 radical (unpaired) electrons. The van der Waals surface area contributed by atoms with Gasteiger partial charge < -0.3 is 15.1 Å². The molecular formula is C15H18FN5OS. The number of carbonyl (C=O) groups excluding carboxylic acids is 1. The molecular weight excluding hydrogens is 317 g/mol. The topological polar surface area (TPSA) is 61.4 Å². The highest BCUT2D eigenvalue weighted by atomic mass is 32.1. The Bertz CT molecular complexity index is 745. The fourth-order valence-corrected chi connectivity index (χ4v) is 3.66. The average molecular weight is 335 g/mol. The second-order valence-electron chi connectivity index (χ2n) is 5.55. The number of thiophene rings is 1. The molecule has 0 aromatic carbocycles. The second kappa shape index (κ2) is 6.11. The quantitative estimate of drug-likeness (QED) is 0.924. The Morgan fingerprint density at radius 1 is 1.48 bits per heavy atom. The van der Waals surface area contributed by atoms with Gasteiger partial charge in [0.2, 0.25) is 5.95 Å². The number of carbonyl (C=O) groups is 1. The number of aromatic nitrogens is 2. The predicted molar refractivity (Wildman–Crippen MR) is 88.8 cm³/mol. The average Bonchev–Trinajstić information content (AvgIpc) is 2.97. The molecule has 6 nitrogen and oxygen atoms in total. The van der Waals surface area contributed by atoms with Gasteiger partial charge in [-0.25, -0.2) is 9.37 Å². The van der Waals surface area contributed by atoms with Crippen LogP contribution in [0.15, 0.2) is 12.3 Å². The van der Waals surface area contributed by atoms with E-state index in [0.29, 0.717) is 17.4 Å². The van der Waals surface area contributed by atoms with Crippen LogP contribution < -0.4 is 15.1 Å². The maximum atomic E-state index is 13.7. The lowest BCUT2D eigenvalue weighted by atomic mass is 10.1. The van der Waals surface area contributed by atoms with Crippen LogP contribution in [0.3, 0.4) is 0 Å². The number of amides is 1. The summed E-state index contributed by atoms with van der Waals surface area (Å²) in [6.07, 6.45) is 2.03. The van der Waals surface area contributed by atoms with E-state index in [-0.39, 0.29) is 11.7 Å². The molecule has 0 saturated heterocycles. The van der Waals surface area contributed by atoms with Gasteiger partial charge in [0.25, 0.3) is 5.91 Å². The van der Waals surface area contributed by atoms with Gasteiger partial charge in [0.05, 0.1) is 11.1 Å². The summed E-state index contributed by atoms with van der Waals surface area (Å²) in [5.74, 6) is 0.281.